The van der Waals surface area contributed by atoms with E-state index in [1.807, 2.05) is 0 Å². The van der Waals surface area contributed by atoms with Gasteiger partial charge >= 0.3 is 6.03 Å². The molecule has 1 saturated heterocycles. The first kappa shape index (κ1) is 17.7. The summed E-state index contributed by atoms with van der Waals surface area (Å²) in [6, 6.07) is 8.77. The molecule has 1 heterocycles. The number of carbonyl (C=O) groups is 1. The highest BCUT2D eigenvalue weighted by molar-refractivity contribution is 5.89. The van der Waals surface area contributed by atoms with Crippen LogP contribution >= 0.6 is 0 Å². The van der Waals surface area contributed by atoms with Gasteiger partial charge in [-0.2, -0.15) is 5.26 Å². The van der Waals surface area contributed by atoms with E-state index in [0.717, 1.165) is 39.1 Å². The Morgan fingerprint density at radius 1 is 1.16 bits per heavy atom. The van der Waals surface area contributed by atoms with E-state index in [1.165, 1.54) is 19.3 Å². The van der Waals surface area contributed by atoms with Crippen molar-refractivity contribution in [1.29, 1.82) is 5.26 Å². The van der Waals surface area contributed by atoms with Gasteiger partial charge in [0.15, 0.2) is 0 Å². The lowest BCUT2D eigenvalue weighted by atomic mass is 9.80. The van der Waals surface area contributed by atoms with E-state index in [0.29, 0.717) is 17.8 Å². The Balaban J connectivity index is 1.58. The Labute approximate surface area is 149 Å². The van der Waals surface area contributed by atoms with Crippen molar-refractivity contribution in [2.45, 2.75) is 37.6 Å². The van der Waals surface area contributed by atoms with Crippen molar-refractivity contribution in [3.8, 4) is 6.07 Å². The normalized spacial score (nSPS) is 20.4. The highest BCUT2D eigenvalue weighted by atomic mass is 16.5. The van der Waals surface area contributed by atoms with Gasteiger partial charge in [-0.1, -0.05) is 19.3 Å². The summed E-state index contributed by atoms with van der Waals surface area (Å²) in [6.45, 7) is 4.10. The predicted octanol–water partition coefficient (Wildman–Crippen LogP) is 2.71. The number of rotatable bonds is 4. The van der Waals surface area contributed by atoms with E-state index in [4.69, 9.17) is 10.00 Å². The molecule has 6 heteroatoms. The largest absolute Gasteiger partial charge is 0.379 e. The molecule has 2 aliphatic rings. The quantitative estimate of drug-likeness (QED) is 0.882. The zero-order valence-corrected chi connectivity index (χ0v) is 14.6. The molecule has 2 fully saturated rings. The first-order chi connectivity index (χ1) is 12.2. The minimum Gasteiger partial charge on any atom is -0.379 e. The highest BCUT2D eigenvalue weighted by Gasteiger charge is 2.38. The highest BCUT2D eigenvalue weighted by Crippen LogP contribution is 2.33. The van der Waals surface area contributed by atoms with E-state index < -0.39 is 0 Å². The fourth-order valence-corrected chi connectivity index (χ4v) is 3.90. The summed E-state index contributed by atoms with van der Waals surface area (Å²) in [5, 5.41) is 14.7. The Hall–Kier alpha value is -2.10. The van der Waals surface area contributed by atoms with Gasteiger partial charge in [0, 0.05) is 30.9 Å². The average Bonchev–Trinajstić information content (AvgIpc) is 2.68. The molecule has 1 aromatic carbocycles. The maximum absolute atomic E-state index is 12.3. The lowest BCUT2D eigenvalue weighted by Gasteiger charge is -2.48. The minimum absolute atomic E-state index is 0.0596. The van der Waals surface area contributed by atoms with Crippen molar-refractivity contribution < 1.29 is 9.53 Å². The summed E-state index contributed by atoms with van der Waals surface area (Å²) in [5.74, 6) is 0. The number of nitrogens with one attached hydrogen (secondary N) is 2. The van der Waals surface area contributed by atoms with Crippen molar-refractivity contribution in [2.75, 3.05) is 38.2 Å². The van der Waals surface area contributed by atoms with Gasteiger partial charge in [0.05, 0.1) is 24.8 Å². The molecule has 1 aliphatic heterocycles. The summed E-state index contributed by atoms with van der Waals surface area (Å²) < 4.78 is 5.49. The van der Waals surface area contributed by atoms with Gasteiger partial charge < -0.3 is 15.4 Å². The van der Waals surface area contributed by atoms with Crippen LogP contribution < -0.4 is 10.6 Å². The van der Waals surface area contributed by atoms with Crippen LogP contribution in [0.2, 0.25) is 0 Å². The Morgan fingerprint density at radius 2 is 1.84 bits per heavy atom. The van der Waals surface area contributed by atoms with Crippen LogP contribution in [-0.2, 0) is 4.74 Å². The summed E-state index contributed by atoms with van der Waals surface area (Å²) in [5.41, 5.74) is 1.34. The van der Waals surface area contributed by atoms with Gasteiger partial charge in [-0.3, -0.25) is 4.90 Å². The van der Waals surface area contributed by atoms with Gasteiger partial charge in [-0.05, 0) is 37.1 Å². The fourth-order valence-electron chi connectivity index (χ4n) is 3.90. The monoisotopic (exact) mass is 342 g/mol. The van der Waals surface area contributed by atoms with E-state index in [1.54, 1.807) is 24.3 Å². The minimum atomic E-state index is -0.192. The molecular formula is C19H26N4O2. The second-order valence-electron chi connectivity index (χ2n) is 6.88. The SMILES string of the molecule is N#Cc1ccc(NC(=O)NCC2(N3CCOCC3)CCCCC2)cc1. The number of morpholine rings is 1. The number of ether oxygens (including phenoxy) is 1. The number of benzene rings is 1. The molecule has 2 N–H and O–H groups in total. The number of nitrogens with zero attached hydrogens (tertiary/aromatic N) is 2. The molecule has 0 spiro atoms. The average molecular weight is 342 g/mol. The van der Waals surface area contributed by atoms with E-state index >= 15 is 0 Å². The molecular weight excluding hydrogens is 316 g/mol. The van der Waals surface area contributed by atoms with Crippen LogP contribution in [-0.4, -0.2) is 49.3 Å². The molecule has 6 nitrogen and oxygen atoms in total. The third-order valence-electron chi connectivity index (χ3n) is 5.32. The first-order valence-electron chi connectivity index (χ1n) is 9.10. The Kier molecular flexibility index (Phi) is 5.90. The summed E-state index contributed by atoms with van der Waals surface area (Å²) >= 11 is 0. The molecule has 0 aromatic heterocycles. The van der Waals surface area contributed by atoms with Crippen LogP contribution in [0.1, 0.15) is 37.7 Å². The molecule has 0 bridgehead atoms. The van der Waals surface area contributed by atoms with Crippen molar-refractivity contribution in [3.63, 3.8) is 0 Å². The zero-order chi connectivity index (χ0) is 17.5. The van der Waals surface area contributed by atoms with Gasteiger partial charge in [-0.25, -0.2) is 4.79 Å². The number of carbonyl (C=O) groups excluding carboxylic acids is 1. The van der Waals surface area contributed by atoms with Crippen molar-refractivity contribution in [3.05, 3.63) is 29.8 Å². The molecule has 1 aromatic rings. The maximum Gasteiger partial charge on any atom is 0.319 e. The molecule has 0 atom stereocenters. The van der Waals surface area contributed by atoms with Crippen LogP contribution in [0, 0.1) is 11.3 Å². The number of hydrogen-bond donors (Lipinski definition) is 2. The van der Waals surface area contributed by atoms with Crippen LogP contribution in [0.4, 0.5) is 10.5 Å². The van der Waals surface area contributed by atoms with Crippen molar-refractivity contribution in [1.82, 2.24) is 10.2 Å². The molecule has 1 saturated carbocycles. The second-order valence-corrected chi connectivity index (χ2v) is 6.88. The molecule has 3 rings (SSSR count). The van der Waals surface area contributed by atoms with E-state index in [9.17, 15) is 4.79 Å². The lowest BCUT2D eigenvalue weighted by molar-refractivity contribution is -0.0356. The number of nitriles is 1. The molecule has 0 radical (unpaired) electrons. The maximum atomic E-state index is 12.3. The Bertz CT molecular complexity index is 611. The van der Waals surface area contributed by atoms with Crippen LogP contribution in [0.3, 0.4) is 0 Å². The number of urea groups is 1. The predicted molar refractivity (Wildman–Crippen MR) is 96.4 cm³/mol. The van der Waals surface area contributed by atoms with Gasteiger partial charge in [0.25, 0.3) is 0 Å². The number of anilines is 1. The smallest absolute Gasteiger partial charge is 0.319 e. The van der Waals surface area contributed by atoms with Crippen molar-refractivity contribution in [2.24, 2.45) is 0 Å². The van der Waals surface area contributed by atoms with E-state index in [-0.39, 0.29) is 11.6 Å². The topological polar surface area (TPSA) is 77.4 Å². The van der Waals surface area contributed by atoms with Gasteiger partial charge in [-0.15, -0.1) is 0 Å². The van der Waals surface area contributed by atoms with Crippen LogP contribution in [0.25, 0.3) is 0 Å². The fraction of sp³-hybridized carbons (Fsp3) is 0.579. The second kappa shape index (κ2) is 8.32. The molecule has 0 unspecified atom stereocenters. The standard InChI is InChI=1S/C19H26N4O2/c20-14-16-4-6-17(7-5-16)22-18(24)21-15-19(8-2-1-3-9-19)23-10-12-25-13-11-23/h4-7H,1-3,8-13,15H2,(H2,21,22,24). The van der Waals surface area contributed by atoms with Gasteiger partial charge in [0.1, 0.15) is 0 Å². The number of hydrogen-bond acceptors (Lipinski definition) is 4. The summed E-state index contributed by atoms with van der Waals surface area (Å²) in [4.78, 5) is 14.8. The summed E-state index contributed by atoms with van der Waals surface area (Å²) in [7, 11) is 0. The molecule has 1 aliphatic carbocycles. The van der Waals surface area contributed by atoms with Crippen LogP contribution in [0.15, 0.2) is 24.3 Å². The lowest BCUT2D eigenvalue weighted by Crippen LogP contribution is -2.60. The number of amides is 2. The van der Waals surface area contributed by atoms with E-state index in [2.05, 4.69) is 21.6 Å². The first-order valence-corrected chi connectivity index (χ1v) is 9.10. The molecule has 2 amide bonds. The third-order valence-corrected chi connectivity index (χ3v) is 5.32. The Morgan fingerprint density at radius 3 is 2.48 bits per heavy atom. The summed E-state index contributed by atoms with van der Waals surface area (Å²) in [6.07, 6.45) is 5.98. The van der Waals surface area contributed by atoms with Crippen molar-refractivity contribution >= 4 is 11.7 Å². The van der Waals surface area contributed by atoms with Crippen LogP contribution in [0.5, 0.6) is 0 Å². The van der Waals surface area contributed by atoms with Gasteiger partial charge in [0.2, 0.25) is 0 Å². The zero-order valence-electron chi connectivity index (χ0n) is 14.6. The molecule has 134 valence electrons. The third kappa shape index (κ3) is 4.50. The molecule has 25 heavy (non-hydrogen) atoms.